The summed E-state index contributed by atoms with van der Waals surface area (Å²) in [4.78, 5) is 4.13. The molecule has 0 amide bonds. The molecule has 1 aliphatic rings. The van der Waals surface area contributed by atoms with Gasteiger partial charge in [-0.3, -0.25) is 0 Å². The summed E-state index contributed by atoms with van der Waals surface area (Å²) in [5.74, 6) is 0. The monoisotopic (exact) mass is 225 g/mol. The number of ether oxygens (including phenoxy) is 1. The summed E-state index contributed by atoms with van der Waals surface area (Å²) in [6, 6.07) is -0.382. The molecule has 1 aromatic rings. The molecule has 3 N–H and O–H groups in total. The third-order valence-electron chi connectivity index (χ3n) is 3.65. The van der Waals surface area contributed by atoms with Gasteiger partial charge >= 0.3 is 0 Å². The fraction of sp³-hybridized carbons (Fsp3) is 0.727. The lowest BCUT2D eigenvalue weighted by Gasteiger charge is -2.32. The van der Waals surface area contributed by atoms with Crippen LogP contribution in [0.3, 0.4) is 0 Å². The van der Waals surface area contributed by atoms with Crippen LogP contribution in [0.15, 0.2) is 12.5 Å². The van der Waals surface area contributed by atoms with Gasteiger partial charge < -0.3 is 20.1 Å². The van der Waals surface area contributed by atoms with Crippen LogP contribution in [0.4, 0.5) is 0 Å². The van der Waals surface area contributed by atoms with Gasteiger partial charge in [-0.05, 0) is 20.3 Å². The zero-order valence-electron chi connectivity index (χ0n) is 9.76. The Morgan fingerprint density at radius 3 is 3.12 bits per heavy atom. The highest BCUT2D eigenvalue weighted by Gasteiger charge is 2.40. The second kappa shape index (κ2) is 4.16. The van der Waals surface area contributed by atoms with Crippen molar-refractivity contribution in [2.75, 3.05) is 13.2 Å². The summed E-state index contributed by atoms with van der Waals surface area (Å²) in [6.07, 6.45) is 4.56. The Kier molecular flexibility index (Phi) is 3.01. The molecule has 1 aliphatic heterocycles. The zero-order valence-corrected chi connectivity index (χ0v) is 9.76. The van der Waals surface area contributed by atoms with Gasteiger partial charge in [0.25, 0.3) is 0 Å². The van der Waals surface area contributed by atoms with E-state index in [1.807, 2.05) is 4.57 Å². The van der Waals surface area contributed by atoms with Crippen molar-refractivity contribution in [3.05, 3.63) is 18.2 Å². The number of imidazole rings is 1. The second-order valence-electron chi connectivity index (χ2n) is 4.60. The van der Waals surface area contributed by atoms with Crippen LogP contribution in [-0.2, 0) is 10.3 Å². The molecule has 0 aromatic carbocycles. The van der Waals surface area contributed by atoms with Crippen molar-refractivity contribution in [3.8, 4) is 0 Å². The molecule has 1 saturated heterocycles. The van der Waals surface area contributed by atoms with Gasteiger partial charge in [0.1, 0.15) is 0 Å². The summed E-state index contributed by atoms with van der Waals surface area (Å²) >= 11 is 0. The van der Waals surface area contributed by atoms with E-state index < -0.39 is 0 Å². The number of aliphatic hydroxyl groups excluding tert-OH is 1. The van der Waals surface area contributed by atoms with Gasteiger partial charge in [-0.1, -0.05) is 0 Å². The first kappa shape index (κ1) is 11.6. The number of hydrogen-bond acceptors (Lipinski definition) is 4. The number of aliphatic hydroxyl groups is 1. The van der Waals surface area contributed by atoms with E-state index in [9.17, 15) is 0 Å². The molecular formula is C11H19N3O2. The third kappa shape index (κ3) is 1.65. The first-order valence-corrected chi connectivity index (χ1v) is 5.60. The molecule has 0 bridgehead atoms. The summed E-state index contributed by atoms with van der Waals surface area (Å²) in [5.41, 5.74) is 6.61. The highest BCUT2D eigenvalue weighted by atomic mass is 16.5. The number of rotatable bonds is 3. The predicted molar refractivity (Wildman–Crippen MR) is 59.9 cm³/mol. The Morgan fingerprint density at radius 1 is 1.81 bits per heavy atom. The number of nitrogens with two attached hydrogens (primary N) is 1. The van der Waals surface area contributed by atoms with Crippen molar-refractivity contribution in [2.24, 2.45) is 5.73 Å². The van der Waals surface area contributed by atoms with Crippen LogP contribution >= 0.6 is 0 Å². The lowest BCUT2D eigenvalue weighted by Crippen LogP contribution is -2.39. The number of hydrogen-bond donors (Lipinski definition) is 2. The summed E-state index contributed by atoms with van der Waals surface area (Å²) in [7, 11) is 0. The van der Waals surface area contributed by atoms with Gasteiger partial charge in [0.05, 0.1) is 36.3 Å². The van der Waals surface area contributed by atoms with Gasteiger partial charge in [0, 0.05) is 12.8 Å². The number of nitrogens with zero attached hydrogens (tertiary/aromatic N) is 2. The van der Waals surface area contributed by atoms with Crippen molar-refractivity contribution in [1.82, 2.24) is 9.55 Å². The Bertz CT molecular complexity index is 366. The molecule has 3 atom stereocenters. The summed E-state index contributed by atoms with van der Waals surface area (Å²) < 4.78 is 7.66. The van der Waals surface area contributed by atoms with Gasteiger partial charge in [-0.2, -0.15) is 0 Å². The Labute approximate surface area is 95.2 Å². The second-order valence-corrected chi connectivity index (χ2v) is 4.60. The van der Waals surface area contributed by atoms with Crippen LogP contribution in [0, 0.1) is 0 Å². The van der Waals surface area contributed by atoms with Crippen molar-refractivity contribution in [2.45, 2.75) is 38.0 Å². The standard InChI is InChI=1S/C11H19N3O2/c1-8-11(2,3-4-16-8)14-7-13-5-10(14)9(12)6-15/h5,7-9,15H,3-4,6,12H2,1-2H3. The van der Waals surface area contributed by atoms with E-state index in [-0.39, 0.29) is 24.3 Å². The van der Waals surface area contributed by atoms with Crippen LogP contribution in [-0.4, -0.2) is 34.0 Å². The van der Waals surface area contributed by atoms with Crippen molar-refractivity contribution < 1.29 is 9.84 Å². The van der Waals surface area contributed by atoms with E-state index in [1.54, 1.807) is 12.5 Å². The van der Waals surface area contributed by atoms with Gasteiger partial charge in [0.15, 0.2) is 0 Å². The minimum Gasteiger partial charge on any atom is -0.394 e. The van der Waals surface area contributed by atoms with E-state index >= 15 is 0 Å². The maximum Gasteiger partial charge on any atom is 0.0954 e. The van der Waals surface area contributed by atoms with Gasteiger partial charge in [-0.25, -0.2) is 4.98 Å². The zero-order chi connectivity index (χ0) is 11.8. The quantitative estimate of drug-likeness (QED) is 0.781. The van der Waals surface area contributed by atoms with E-state index in [2.05, 4.69) is 18.8 Å². The fourth-order valence-corrected chi connectivity index (χ4v) is 2.24. The molecule has 2 heterocycles. The van der Waals surface area contributed by atoms with E-state index in [0.29, 0.717) is 0 Å². The maximum absolute atomic E-state index is 9.13. The fourth-order valence-electron chi connectivity index (χ4n) is 2.24. The molecule has 0 spiro atoms. The van der Waals surface area contributed by atoms with E-state index in [1.165, 1.54) is 0 Å². The molecule has 0 radical (unpaired) electrons. The van der Waals surface area contributed by atoms with Crippen LogP contribution in [0.1, 0.15) is 32.0 Å². The summed E-state index contributed by atoms with van der Waals surface area (Å²) in [6.45, 7) is 4.88. The average Bonchev–Trinajstić information content (AvgIpc) is 2.86. The molecule has 3 unspecified atom stereocenters. The highest BCUT2D eigenvalue weighted by molar-refractivity contribution is 5.10. The van der Waals surface area contributed by atoms with E-state index in [4.69, 9.17) is 15.6 Å². The topological polar surface area (TPSA) is 73.3 Å². The van der Waals surface area contributed by atoms with Crippen molar-refractivity contribution >= 4 is 0 Å². The first-order valence-electron chi connectivity index (χ1n) is 5.60. The minimum absolute atomic E-state index is 0.0724. The largest absolute Gasteiger partial charge is 0.394 e. The molecule has 2 rings (SSSR count). The molecule has 1 aromatic heterocycles. The van der Waals surface area contributed by atoms with E-state index in [0.717, 1.165) is 18.7 Å². The van der Waals surface area contributed by atoms with Crippen LogP contribution in [0.5, 0.6) is 0 Å². The molecule has 0 saturated carbocycles. The normalized spacial score (nSPS) is 31.9. The first-order chi connectivity index (χ1) is 7.59. The van der Waals surface area contributed by atoms with Gasteiger partial charge in [-0.15, -0.1) is 0 Å². The molecule has 90 valence electrons. The molecular weight excluding hydrogens is 206 g/mol. The lowest BCUT2D eigenvalue weighted by molar-refractivity contribution is 0.0739. The molecule has 5 nitrogen and oxygen atoms in total. The van der Waals surface area contributed by atoms with Crippen LogP contribution in [0.2, 0.25) is 0 Å². The SMILES string of the molecule is CC1OCCC1(C)n1cncc1C(N)CO. The Balaban J connectivity index is 2.36. The maximum atomic E-state index is 9.13. The smallest absolute Gasteiger partial charge is 0.0954 e. The Morgan fingerprint density at radius 2 is 2.56 bits per heavy atom. The van der Waals surface area contributed by atoms with Gasteiger partial charge in [0.2, 0.25) is 0 Å². The predicted octanol–water partition coefficient (Wildman–Crippen LogP) is 0.399. The highest BCUT2D eigenvalue weighted by Crippen LogP contribution is 2.34. The average molecular weight is 225 g/mol. The lowest BCUT2D eigenvalue weighted by atomic mass is 9.93. The van der Waals surface area contributed by atoms with Crippen LogP contribution in [0.25, 0.3) is 0 Å². The molecule has 1 fully saturated rings. The third-order valence-corrected chi connectivity index (χ3v) is 3.65. The van der Waals surface area contributed by atoms with Crippen molar-refractivity contribution in [3.63, 3.8) is 0 Å². The minimum atomic E-state index is -0.382. The summed E-state index contributed by atoms with van der Waals surface area (Å²) in [5, 5.41) is 9.13. The van der Waals surface area contributed by atoms with Crippen molar-refractivity contribution in [1.29, 1.82) is 0 Å². The number of aromatic nitrogens is 2. The molecule has 5 heteroatoms. The molecule has 0 aliphatic carbocycles. The van der Waals surface area contributed by atoms with Crippen LogP contribution < -0.4 is 5.73 Å². The molecule has 16 heavy (non-hydrogen) atoms. The Hall–Kier alpha value is -0.910.